The van der Waals surface area contributed by atoms with Crippen LogP contribution in [-0.4, -0.2) is 106 Å². The molecule has 0 unspecified atom stereocenters. The van der Waals surface area contributed by atoms with E-state index in [1.807, 2.05) is 48.5 Å². The Hall–Kier alpha value is -4.58. The largest absolute Gasteiger partial charge is 0.497 e. The van der Waals surface area contributed by atoms with Crippen molar-refractivity contribution >= 4 is 15.9 Å². The minimum atomic E-state index is -3.92. The first kappa shape index (κ1) is 35.3. The number of terminal acetylenes is 1. The van der Waals surface area contributed by atoms with Crippen LogP contribution < -0.4 is 14.2 Å². The molecule has 12 nitrogen and oxygen atoms in total. The van der Waals surface area contributed by atoms with Crippen LogP contribution in [0.1, 0.15) is 29.0 Å². The number of benzene rings is 3. The number of methoxy groups -OCH3 is 1. The maximum absolute atomic E-state index is 13.8. The van der Waals surface area contributed by atoms with E-state index in [1.54, 1.807) is 17.0 Å². The van der Waals surface area contributed by atoms with Gasteiger partial charge in [-0.2, -0.15) is 4.31 Å². The van der Waals surface area contributed by atoms with Crippen molar-refractivity contribution in [1.82, 2.24) is 14.1 Å². The number of ether oxygens (including phenoxy) is 5. The average Bonchev–Trinajstić information content (AvgIpc) is 3.62. The first-order valence-electron chi connectivity index (χ1n) is 16.5. The number of rotatable bonds is 13. The highest BCUT2D eigenvalue weighted by Crippen LogP contribution is 2.34. The monoisotopic (exact) mass is 703 g/mol. The lowest BCUT2D eigenvalue weighted by molar-refractivity contribution is -0.154. The third-order valence-electron chi connectivity index (χ3n) is 8.97. The minimum Gasteiger partial charge on any atom is -0.497 e. The molecular formula is C37H41N3O9S. The van der Waals surface area contributed by atoms with E-state index in [-0.39, 0.29) is 55.6 Å². The van der Waals surface area contributed by atoms with Gasteiger partial charge in [0.25, 0.3) is 5.91 Å². The van der Waals surface area contributed by atoms with Gasteiger partial charge in [-0.3, -0.25) is 9.69 Å². The van der Waals surface area contributed by atoms with Crippen LogP contribution in [0.5, 0.6) is 17.2 Å². The summed E-state index contributed by atoms with van der Waals surface area (Å²) in [5.74, 6) is 4.41. The van der Waals surface area contributed by atoms with Gasteiger partial charge < -0.3 is 33.7 Å². The van der Waals surface area contributed by atoms with Crippen LogP contribution in [0.2, 0.25) is 0 Å². The highest BCUT2D eigenvalue weighted by Gasteiger charge is 2.33. The Morgan fingerprint density at radius 2 is 1.74 bits per heavy atom. The number of aliphatic hydroxyl groups excluding tert-OH is 1. The molecule has 0 spiro atoms. The molecule has 1 fully saturated rings. The van der Waals surface area contributed by atoms with Gasteiger partial charge in [-0.05, 0) is 65.7 Å². The molecule has 3 aliphatic rings. The molecule has 1 N–H and O–H groups in total. The van der Waals surface area contributed by atoms with Gasteiger partial charge in [0.05, 0.1) is 25.2 Å². The molecule has 1 saturated heterocycles. The number of aliphatic hydroxyl groups is 1. The van der Waals surface area contributed by atoms with Crippen LogP contribution in [0.3, 0.4) is 0 Å². The molecule has 0 radical (unpaired) electrons. The van der Waals surface area contributed by atoms with E-state index in [0.717, 1.165) is 34.7 Å². The Morgan fingerprint density at radius 3 is 2.44 bits per heavy atom. The first-order valence-corrected chi connectivity index (χ1v) is 17.9. The highest BCUT2D eigenvalue weighted by atomic mass is 32.2. The summed E-state index contributed by atoms with van der Waals surface area (Å²) in [7, 11) is -2.42. The number of allylic oxidation sites excluding steroid dienone is 1. The molecular weight excluding hydrogens is 662 g/mol. The Bertz CT molecular complexity index is 1820. The smallest absolute Gasteiger partial charge is 0.288 e. The quantitative estimate of drug-likeness (QED) is 0.266. The summed E-state index contributed by atoms with van der Waals surface area (Å²) in [5.41, 5.74) is 2.80. The van der Waals surface area contributed by atoms with Crippen LogP contribution in [0.15, 0.2) is 83.5 Å². The third-order valence-corrected chi connectivity index (χ3v) is 10.9. The fourth-order valence-electron chi connectivity index (χ4n) is 6.18. The molecule has 0 bridgehead atoms. The van der Waals surface area contributed by atoms with Gasteiger partial charge >= 0.3 is 0 Å². The molecule has 2 atom stereocenters. The predicted molar refractivity (Wildman–Crippen MR) is 184 cm³/mol. The van der Waals surface area contributed by atoms with Gasteiger partial charge in [0.15, 0.2) is 17.3 Å². The molecule has 264 valence electrons. The van der Waals surface area contributed by atoms with Crippen molar-refractivity contribution in [2.75, 3.05) is 66.4 Å². The van der Waals surface area contributed by atoms with E-state index in [1.165, 1.54) is 23.5 Å². The number of carbonyl (C=O) groups excluding carboxylic acids is 1. The molecule has 6 rings (SSSR count). The lowest BCUT2D eigenvalue weighted by Crippen LogP contribution is -2.49. The molecule has 50 heavy (non-hydrogen) atoms. The lowest BCUT2D eigenvalue weighted by atomic mass is 9.92. The average molecular weight is 704 g/mol. The first-order chi connectivity index (χ1) is 24.3. The van der Waals surface area contributed by atoms with Gasteiger partial charge in [-0.1, -0.05) is 24.1 Å². The summed E-state index contributed by atoms with van der Waals surface area (Å²) in [6.07, 6.45) is 6.98. The lowest BCUT2D eigenvalue weighted by Gasteiger charge is -2.37. The molecule has 3 aliphatic heterocycles. The van der Waals surface area contributed by atoms with Gasteiger partial charge in [-0.15, -0.1) is 6.42 Å². The van der Waals surface area contributed by atoms with Crippen LogP contribution in [0.4, 0.5) is 0 Å². The number of piperazine rings is 1. The van der Waals surface area contributed by atoms with Crippen molar-refractivity contribution in [1.29, 1.82) is 0 Å². The van der Waals surface area contributed by atoms with Crippen molar-refractivity contribution in [2.24, 2.45) is 0 Å². The van der Waals surface area contributed by atoms with Crippen molar-refractivity contribution in [2.45, 2.75) is 30.1 Å². The summed E-state index contributed by atoms with van der Waals surface area (Å²) in [4.78, 5) is 18.0. The molecule has 3 heterocycles. The summed E-state index contributed by atoms with van der Waals surface area (Å²) >= 11 is 0. The molecule has 0 aliphatic carbocycles. The number of sulfonamides is 1. The summed E-state index contributed by atoms with van der Waals surface area (Å²) < 4.78 is 56.3. The van der Waals surface area contributed by atoms with E-state index in [2.05, 4.69) is 10.8 Å². The molecule has 13 heteroatoms. The van der Waals surface area contributed by atoms with Gasteiger partial charge in [0.1, 0.15) is 5.75 Å². The zero-order valence-corrected chi connectivity index (χ0v) is 28.7. The van der Waals surface area contributed by atoms with E-state index in [9.17, 15) is 18.3 Å². The van der Waals surface area contributed by atoms with Crippen LogP contribution in [0.25, 0.3) is 0 Å². The van der Waals surface area contributed by atoms with E-state index >= 15 is 0 Å². The summed E-state index contributed by atoms with van der Waals surface area (Å²) in [6.45, 7) is 2.85. The molecule has 3 aromatic rings. The number of nitrogens with zero attached hydrogens (tertiary/aromatic N) is 3. The third kappa shape index (κ3) is 8.23. The minimum absolute atomic E-state index is 0.0250. The zero-order chi connectivity index (χ0) is 35.1. The van der Waals surface area contributed by atoms with Crippen molar-refractivity contribution in [3.63, 3.8) is 0 Å². The summed E-state index contributed by atoms with van der Waals surface area (Å²) in [5, 5.41) is 9.65. The highest BCUT2D eigenvalue weighted by molar-refractivity contribution is 7.89. The Balaban J connectivity index is 1.10. The van der Waals surface area contributed by atoms with Gasteiger partial charge in [-0.25, -0.2) is 8.42 Å². The fraction of sp³-hybridized carbons (Fsp3) is 0.378. The topological polar surface area (TPSA) is 127 Å². The number of carbonyl (C=O) groups is 1. The number of fused-ring (bicyclic) bond motifs is 1. The van der Waals surface area contributed by atoms with E-state index in [4.69, 9.17) is 30.1 Å². The second kappa shape index (κ2) is 16.0. The van der Waals surface area contributed by atoms with Gasteiger partial charge in [0.2, 0.25) is 23.1 Å². The second-order valence-electron chi connectivity index (χ2n) is 12.1. The van der Waals surface area contributed by atoms with Crippen LogP contribution in [-0.2, 0) is 30.8 Å². The normalized spacial score (nSPS) is 19.1. The van der Waals surface area contributed by atoms with Crippen LogP contribution >= 0.6 is 0 Å². The number of amides is 1. The Kier molecular flexibility index (Phi) is 11.3. The van der Waals surface area contributed by atoms with Gasteiger partial charge in [0, 0.05) is 63.7 Å². The van der Waals surface area contributed by atoms with Crippen molar-refractivity contribution < 1.29 is 42.0 Å². The molecule has 0 saturated carbocycles. The van der Waals surface area contributed by atoms with Crippen molar-refractivity contribution in [3.05, 3.63) is 95.3 Å². The van der Waals surface area contributed by atoms with Crippen molar-refractivity contribution in [3.8, 4) is 29.6 Å². The van der Waals surface area contributed by atoms with E-state index in [0.29, 0.717) is 38.3 Å². The number of hydrogen-bond donors (Lipinski definition) is 1. The maximum Gasteiger partial charge on any atom is 0.288 e. The van der Waals surface area contributed by atoms with Crippen LogP contribution in [0, 0.1) is 12.3 Å². The standard InChI is InChI=1S/C37H41N3O9S/c1-3-27-4-7-29(8-5-27)30-23-35(37(42)39-16-14-38(15-17-39)25-28-6-13-33-34(22-28)48-26-47-33)49-36(24-30)46-21-19-40(18-20-41)50(43,44)32-11-9-31(45-2)10-12-32/h1,4-13,22-23,30,36,41H,14-21,24-26H2,2H3/t30-,36+/m1/s1. The molecule has 3 aromatic carbocycles. The van der Waals surface area contributed by atoms with E-state index < -0.39 is 16.3 Å². The Labute approximate surface area is 292 Å². The SMILES string of the molecule is C#Cc1ccc([C@@H]2C=C(C(=O)N3CCN(Cc4ccc5c(c4)OCO5)CC3)O[C@H](OCCN(CCO)S(=O)(=O)c3ccc(OC)cc3)C2)cc1. The number of hydrogen-bond acceptors (Lipinski definition) is 10. The second-order valence-corrected chi connectivity index (χ2v) is 14.1. The fourth-order valence-corrected chi connectivity index (χ4v) is 7.59. The Morgan fingerprint density at radius 1 is 1.00 bits per heavy atom. The maximum atomic E-state index is 13.8. The predicted octanol–water partition coefficient (Wildman–Crippen LogP) is 3.16. The molecule has 0 aromatic heterocycles. The zero-order valence-electron chi connectivity index (χ0n) is 27.9. The molecule has 1 amide bonds. The summed E-state index contributed by atoms with van der Waals surface area (Å²) in [6, 6.07) is 19.6.